The minimum atomic E-state index is -0.0986. The molecule has 1 fully saturated rings. The summed E-state index contributed by atoms with van der Waals surface area (Å²) in [5, 5.41) is 6.98. The van der Waals surface area contributed by atoms with Gasteiger partial charge in [0.25, 0.3) is 11.8 Å². The van der Waals surface area contributed by atoms with Crippen LogP contribution < -0.4 is 15.5 Å². The zero-order chi connectivity index (χ0) is 24.2. The number of fused-ring (bicyclic) bond motifs is 1. The van der Waals surface area contributed by atoms with Crippen LogP contribution in [0, 0.1) is 0 Å². The van der Waals surface area contributed by atoms with Gasteiger partial charge in [0.15, 0.2) is 0 Å². The van der Waals surface area contributed by atoms with Crippen molar-refractivity contribution >= 4 is 29.1 Å². The second-order valence-corrected chi connectivity index (χ2v) is 9.82. The molecular weight excluding hydrogens is 458 g/mol. The maximum atomic E-state index is 13.4. The Kier molecular flexibility index (Phi) is 7.05. The molecule has 1 aliphatic carbocycles. The first kappa shape index (κ1) is 23.4. The third-order valence-electron chi connectivity index (χ3n) is 7.08. The van der Waals surface area contributed by atoms with Crippen LogP contribution in [0.1, 0.15) is 63.6 Å². The summed E-state index contributed by atoms with van der Waals surface area (Å²) >= 11 is 6.03. The quantitative estimate of drug-likeness (QED) is 0.496. The van der Waals surface area contributed by atoms with E-state index in [1.54, 1.807) is 24.3 Å². The van der Waals surface area contributed by atoms with E-state index in [9.17, 15) is 9.59 Å². The van der Waals surface area contributed by atoms with Gasteiger partial charge in [0, 0.05) is 35.4 Å². The second kappa shape index (κ2) is 10.5. The van der Waals surface area contributed by atoms with Crippen LogP contribution >= 0.6 is 11.6 Å². The Morgan fingerprint density at radius 1 is 0.829 bits per heavy atom. The highest BCUT2D eigenvalue weighted by Gasteiger charge is 2.26. The minimum absolute atomic E-state index is 0.0290. The van der Waals surface area contributed by atoms with Gasteiger partial charge in [-0.2, -0.15) is 0 Å². The van der Waals surface area contributed by atoms with Gasteiger partial charge in [0.2, 0.25) is 0 Å². The van der Waals surface area contributed by atoms with Crippen LogP contribution in [0.15, 0.2) is 72.8 Å². The summed E-state index contributed by atoms with van der Waals surface area (Å²) < 4.78 is 0. The number of anilines is 1. The lowest BCUT2D eigenvalue weighted by molar-refractivity contribution is 0.0926. The first-order valence-corrected chi connectivity index (χ1v) is 12.8. The molecule has 2 aliphatic rings. The van der Waals surface area contributed by atoms with Gasteiger partial charge in [-0.1, -0.05) is 54.1 Å². The van der Waals surface area contributed by atoms with Crippen LogP contribution in [0.2, 0.25) is 5.02 Å². The van der Waals surface area contributed by atoms with Crippen molar-refractivity contribution in [3.8, 4) is 0 Å². The summed E-state index contributed by atoms with van der Waals surface area (Å²) in [6.45, 7) is 1.55. The van der Waals surface area contributed by atoms with E-state index in [4.69, 9.17) is 11.6 Å². The molecule has 2 amide bonds. The molecule has 1 atom stereocenters. The minimum Gasteiger partial charge on any atom is -0.371 e. The largest absolute Gasteiger partial charge is 0.371 e. The molecule has 0 saturated carbocycles. The molecule has 0 aromatic heterocycles. The van der Waals surface area contributed by atoms with Gasteiger partial charge in [0.05, 0.1) is 11.6 Å². The molecule has 0 bridgehead atoms. The summed E-state index contributed by atoms with van der Waals surface area (Å²) in [5.74, 6) is -0.128. The molecule has 0 spiro atoms. The van der Waals surface area contributed by atoms with Crippen molar-refractivity contribution in [3.63, 3.8) is 0 Å². The van der Waals surface area contributed by atoms with Gasteiger partial charge in [-0.15, -0.1) is 0 Å². The Balaban J connectivity index is 1.23. The number of hydrogen-bond donors (Lipinski definition) is 2. The van der Waals surface area contributed by atoms with Crippen LogP contribution in [0.25, 0.3) is 0 Å². The molecule has 5 rings (SSSR count). The van der Waals surface area contributed by atoms with Crippen molar-refractivity contribution in [1.82, 2.24) is 10.6 Å². The van der Waals surface area contributed by atoms with E-state index in [0.717, 1.165) is 50.9 Å². The maximum Gasteiger partial charge on any atom is 0.253 e. The molecule has 2 N–H and O–H groups in total. The fourth-order valence-corrected chi connectivity index (χ4v) is 5.43. The summed E-state index contributed by atoms with van der Waals surface area (Å²) in [6.07, 6.45) is 4.75. The highest BCUT2D eigenvalue weighted by molar-refractivity contribution is 6.30. The number of nitrogens with one attached hydrogen (secondary N) is 2. The molecule has 5 nitrogen and oxygen atoms in total. The fourth-order valence-electron chi connectivity index (χ4n) is 5.24. The van der Waals surface area contributed by atoms with E-state index in [-0.39, 0.29) is 23.9 Å². The zero-order valence-corrected chi connectivity index (χ0v) is 20.4. The van der Waals surface area contributed by atoms with Crippen LogP contribution in [-0.4, -0.2) is 30.9 Å². The van der Waals surface area contributed by atoms with E-state index in [1.165, 1.54) is 11.1 Å². The molecule has 1 saturated heterocycles. The lowest BCUT2D eigenvalue weighted by atomic mass is 9.87. The number of aryl methyl sites for hydroxylation is 1. The Morgan fingerprint density at radius 2 is 1.60 bits per heavy atom. The highest BCUT2D eigenvalue weighted by atomic mass is 35.5. The van der Waals surface area contributed by atoms with E-state index in [2.05, 4.69) is 33.7 Å². The number of para-hydroxylation sites is 1. The van der Waals surface area contributed by atoms with Crippen LogP contribution in [0.5, 0.6) is 0 Å². The average Bonchev–Trinajstić information content (AvgIpc) is 2.89. The molecule has 0 radical (unpaired) electrons. The number of halogens is 1. The monoisotopic (exact) mass is 487 g/mol. The predicted octanol–water partition coefficient (Wildman–Crippen LogP) is 5.55. The summed E-state index contributed by atoms with van der Waals surface area (Å²) in [4.78, 5) is 28.2. The van der Waals surface area contributed by atoms with Gasteiger partial charge in [-0.25, -0.2) is 0 Å². The van der Waals surface area contributed by atoms with Gasteiger partial charge in [-0.3, -0.25) is 9.59 Å². The van der Waals surface area contributed by atoms with Crippen LogP contribution in [0.4, 0.5) is 5.69 Å². The molecule has 1 unspecified atom stereocenters. The summed E-state index contributed by atoms with van der Waals surface area (Å²) in [7, 11) is 0. The van der Waals surface area contributed by atoms with Crippen molar-refractivity contribution in [3.05, 3.63) is 100 Å². The Labute approximate surface area is 211 Å². The lowest BCUT2D eigenvalue weighted by Gasteiger charge is -2.35. The number of amides is 2. The maximum absolute atomic E-state index is 13.4. The first-order chi connectivity index (χ1) is 17.1. The van der Waals surface area contributed by atoms with Gasteiger partial charge in [-0.05, 0) is 73.6 Å². The molecule has 35 heavy (non-hydrogen) atoms. The Morgan fingerprint density at radius 3 is 2.43 bits per heavy atom. The molecule has 3 aromatic carbocycles. The fraction of sp³-hybridized carbons (Fsp3) is 0.310. The van der Waals surface area contributed by atoms with E-state index in [1.807, 2.05) is 30.3 Å². The smallest absolute Gasteiger partial charge is 0.253 e. The van der Waals surface area contributed by atoms with Crippen molar-refractivity contribution < 1.29 is 9.59 Å². The molecule has 180 valence electrons. The summed E-state index contributed by atoms with van der Waals surface area (Å²) in [6, 6.07) is 23.4. The zero-order valence-electron chi connectivity index (χ0n) is 19.7. The Bertz CT molecular complexity index is 1220. The summed E-state index contributed by atoms with van der Waals surface area (Å²) in [5.41, 5.74) is 4.80. The number of carbonyl (C=O) groups excluding carboxylic acids is 2. The molecule has 3 aromatic rings. The number of nitrogens with zero attached hydrogens (tertiary/aromatic N) is 1. The van der Waals surface area contributed by atoms with E-state index < -0.39 is 0 Å². The SMILES string of the molecule is O=C(NC1CCN(c2ccccc2C(=O)NC2CCCc3ccccc32)CC1)c1cccc(Cl)c1. The van der Waals surface area contributed by atoms with Crippen molar-refractivity contribution in [2.45, 2.75) is 44.2 Å². The third-order valence-corrected chi connectivity index (χ3v) is 7.32. The molecule has 6 heteroatoms. The normalized spacial score (nSPS) is 18.0. The highest BCUT2D eigenvalue weighted by Crippen LogP contribution is 2.31. The topological polar surface area (TPSA) is 61.4 Å². The van der Waals surface area contributed by atoms with Crippen molar-refractivity contribution in [1.29, 1.82) is 0 Å². The molecular formula is C29H30ClN3O2. The number of carbonyl (C=O) groups is 2. The van der Waals surface area contributed by atoms with E-state index in [0.29, 0.717) is 16.1 Å². The van der Waals surface area contributed by atoms with Crippen LogP contribution in [-0.2, 0) is 6.42 Å². The van der Waals surface area contributed by atoms with Crippen molar-refractivity contribution in [2.75, 3.05) is 18.0 Å². The van der Waals surface area contributed by atoms with Gasteiger partial charge >= 0.3 is 0 Å². The molecule has 1 aliphatic heterocycles. The number of piperidine rings is 1. The first-order valence-electron chi connectivity index (χ1n) is 12.4. The number of benzene rings is 3. The van der Waals surface area contributed by atoms with Gasteiger partial charge in [0.1, 0.15) is 0 Å². The number of hydrogen-bond acceptors (Lipinski definition) is 3. The second-order valence-electron chi connectivity index (χ2n) is 9.38. The Hall–Kier alpha value is -3.31. The standard InChI is InChI=1S/C29H30ClN3O2/c30-22-10-5-9-21(19-22)28(34)31-23-15-17-33(18-16-23)27-14-4-3-12-25(27)29(35)32-26-13-6-8-20-7-1-2-11-24(20)26/h1-5,7,9-12,14,19,23,26H,6,8,13,15-18H2,(H,31,34)(H,32,35). The average molecular weight is 488 g/mol. The van der Waals surface area contributed by atoms with Crippen molar-refractivity contribution in [2.24, 2.45) is 0 Å². The predicted molar refractivity (Wildman–Crippen MR) is 140 cm³/mol. The van der Waals surface area contributed by atoms with Crippen LogP contribution in [0.3, 0.4) is 0 Å². The number of rotatable bonds is 5. The van der Waals surface area contributed by atoms with E-state index >= 15 is 0 Å². The third kappa shape index (κ3) is 5.35. The van der Waals surface area contributed by atoms with Gasteiger partial charge < -0.3 is 15.5 Å². The molecule has 1 heterocycles. The lowest BCUT2D eigenvalue weighted by Crippen LogP contribution is -2.45.